The third-order valence-electron chi connectivity index (χ3n) is 2.73. The van der Waals surface area contributed by atoms with Gasteiger partial charge < -0.3 is 15.7 Å². The van der Waals surface area contributed by atoms with E-state index in [0.29, 0.717) is 31.7 Å². The van der Waals surface area contributed by atoms with Crippen LogP contribution in [0.4, 0.5) is 0 Å². The number of aliphatic hydroxyl groups is 1. The van der Waals surface area contributed by atoms with Crippen molar-refractivity contribution >= 4 is 5.91 Å². The Balaban J connectivity index is 2.08. The molecule has 5 heteroatoms. The van der Waals surface area contributed by atoms with Crippen molar-refractivity contribution < 1.29 is 9.90 Å². The molecule has 2 heterocycles. The topological polar surface area (TPSA) is 79.5 Å². The molecule has 1 fully saturated rings. The maximum atomic E-state index is 11.9. The second-order valence-corrected chi connectivity index (χ2v) is 3.95. The minimum atomic E-state index is -0.396. The van der Waals surface area contributed by atoms with Gasteiger partial charge in [0, 0.05) is 25.8 Å². The number of β-amino-alcohol motifs (C(OH)–C–C–N with tert-alkyl or cyclic N) is 1. The van der Waals surface area contributed by atoms with E-state index in [1.807, 2.05) is 0 Å². The molecule has 1 amide bonds. The number of aromatic nitrogens is 1. The summed E-state index contributed by atoms with van der Waals surface area (Å²) in [4.78, 5) is 17.6. The third-order valence-corrected chi connectivity index (χ3v) is 2.73. The number of nitrogens with two attached hydrogens (primary N) is 1. The number of nitrogens with zero attached hydrogens (tertiary/aromatic N) is 2. The van der Waals surface area contributed by atoms with Crippen LogP contribution in [0.15, 0.2) is 18.3 Å². The number of carbonyl (C=O) groups is 1. The quantitative estimate of drug-likeness (QED) is 0.721. The number of pyridine rings is 1. The Morgan fingerprint density at radius 3 is 2.94 bits per heavy atom. The lowest BCUT2D eigenvalue weighted by Crippen LogP contribution is -2.30. The van der Waals surface area contributed by atoms with E-state index in [4.69, 9.17) is 5.73 Å². The predicted molar refractivity (Wildman–Crippen MR) is 58.7 cm³/mol. The lowest BCUT2D eigenvalue weighted by atomic mass is 10.2. The van der Waals surface area contributed by atoms with Gasteiger partial charge in [0.05, 0.1) is 6.10 Å². The maximum Gasteiger partial charge on any atom is 0.272 e. The minimum Gasteiger partial charge on any atom is -0.391 e. The average Bonchev–Trinajstić information content (AvgIpc) is 2.75. The van der Waals surface area contributed by atoms with Gasteiger partial charge in [-0.2, -0.15) is 0 Å². The third kappa shape index (κ3) is 2.20. The van der Waals surface area contributed by atoms with Crippen molar-refractivity contribution in [1.82, 2.24) is 9.88 Å². The van der Waals surface area contributed by atoms with Gasteiger partial charge in [0.1, 0.15) is 5.69 Å². The van der Waals surface area contributed by atoms with E-state index in [2.05, 4.69) is 4.98 Å². The number of aliphatic hydroxyl groups excluding tert-OH is 1. The van der Waals surface area contributed by atoms with Gasteiger partial charge in [-0.15, -0.1) is 0 Å². The number of carbonyl (C=O) groups excluding carboxylic acids is 1. The molecule has 1 saturated heterocycles. The second kappa shape index (κ2) is 4.59. The highest BCUT2D eigenvalue weighted by molar-refractivity contribution is 5.92. The number of likely N-dealkylation sites (tertiary alicyclic amines) is 1. The number of rotatable bonds is 2. The Labute approximate surface area is 93.9 Å². The van der Waals surface area contributed by atoms with E-state index in [-0.39, 0.29) is 5.91 Å². The van der Waals surface area contributed by atoms with Crippen molar-refractivity contribution in [3.63, 3.8) is 0 Å². The molecule has 1 unspecified atom stereocenters. The SMILES string of the molecule is NCc1ccc(C(=O)N2CCC(O)C2)nc1. The van der Waals surface area contributed by atoms with E-state index in [0.717, 1.165) is 5.56 Å². The molecule has 0 bridgehead atoms. The van der Waals surface area contributed by atoms with Crippen LogP contribution in [-0.2, 0) is 6.54 Å². The molecule has 5 nitrogen and oxygen atoms in total. The van der Waals surface area contributed by atoms with Crippen LogP contribution in [-0.4, -0.2) is 40.1 Å². The zero-order valence-corrected chi connectivity index (χ0v) is 8.97. The zero-order valence-electron chi connectivity index (χ0n) is 8.97. The summed E-state index contributed by atoms with van der Waals surface area (Å²) in [5.41, 5.74) is 6.76. The van der Waals surface area contributed by atoms with Gasteiger partial charge in [-0.3, -0.25) is 9.78 Å². The fourth-order valence-corrected chi connectivity index (χ4v) is 1.76. The number of hydrogen-bond acceptors (Lipinski definition) is 4. The molecule has 2 rings (SSSR count). The Morgan fingerprint density at radius 1 is 1.62 bits per heavy atom. The molecule has 86 valence electrons. The normalized spacial score (nSPS) is 20.1. The summed E-state index contributed by atoms with van der Waals surface area (Å²) in [6.07, 6.45) is 1.86. The molecule has 16 heavy (non-hydrogen) atoms. The van der Waals surface area contributed by atoms with Gasteiger partial charge in [-0.25, -0.2) is 0 Å². The fourth-order valence-electron chi connectivity index (χ4n) is 1.76. The molecular formula is C11H15N3O2. The van der Waals surface area contributed by atoms with Crippen molar-refractivity contribution in [2.45, 2.75) is 19.1 Å². The highest BCUT2D eigenvalue weighted by atomic mass is 16.3. The highest BCUT2D eigenvalue weighted by Gasteiger charge is 2.25. The summed E-state index contributed by atoms with van der Waals surface area (Å²) in [5, 5.41) is 9.35. The van der Waals surface area contributed by atoms with Gasteiger partial charge in [-0.05, 0) is 18.1 Å². The van der Waals surface area contributed by atoms with Crippen LogP contribution in [0.25, 0.3) is 0 Å². The summed E-state index contributed by atoms with van der Waals surface area (Å²) in [6.45, 7) is 1.42. The van der Waals surface area contributed by atoms with Crippen molar-refractivity contribution in [1.29, 1.82) is 0 Å². The maximum absolute atomic E-state index is 11.9. The monoisotopic (exact) mass is 221 g/mol. The van der Waals surface area contributed by atoms with Gasteiger partial charge in [0.15, 0.2) is 0 Å². The van der Waals surface area contributed by atoms with Crippen molar-refractivity contribution in [2.24, 2.45) is 5.73 Å². The predicted octanol–water partition coefficient (Wildman–Crippen LogP) is -0.253. The van der Waals surface area contributed by atoms with Gasteiger partial charge >= 0.3 is 0 Å². The lowest BCUT2D eigenvalue weighted by Gasteiger charge is -2.14. The van der Waals surface area contributed by atoms with E-state index in [9.17, 15) is 9.90 Å². The summed E-state index contributed by atoms with van der Waals surface area (Å²) >= 11 is 0. The van der Waals surface area contributed by atoms with E-state index < -0.39 is 6.10 Å². The molecule has 0 aliphatic carbocycles. The Hall–Kier alpha value is -1.46. The van der Waals surface area contributed by atoms with Crippen LogP contribution in [0.3, 0.4) is 0 Å². The zero-order chi connectivity index (χ0) is 11.5. The molecule has 1 aromatic rings. The van der Waals surface area contributed by atoms with Crippen molar-refractivity contribution in [3.05, 3.63) is 29.6 Å². The molecule has 1 aliphatic rings. The molecule has 1 aromatic heterocycles. The Bertz CT molecular complexity index is 377. The standard InChI is InChI=1S/C11H15N3O2/c12-5-8-1-2-10(13-6-8)11(16)14-4-3-9(15)7-14/h1-2,6,9,15H,3-5,7,12H2. The smallest absolute Gasteiger partial charge is 0.272 e. The summed E-state index contributed by atoms with van der Waals surface area (Å²) in [7, 11) is 0. The van der Waals surface area contributed by atoms with Crippen LogP contribution in [0, 0.1) is 0 Å². The van der Waals surface area contributed by atoms with Crippen molar-refractivity contribution in [3.8, 4) is 0 Å². The molecule has 0 radical (unpaired) electrons. The van der Waals surface area contributed by atoms with Crippen LogP contribution < -0.4 is 5.73 Å². The van der Waals surface area contributed by atoms with Crippen molar-refractivity contribution in [2.75, 3.05) is 13.1 Å². The number of hydrogen-bond donors (Lipinski definition) is 2. The first kappa shape index (κ1) is 11.0. The fraction of sp³-hybridized carbons (Fsp3) is 0.455. The summed E-state index contributed by atoms with van der Waals surface area (Å²) in [6, 6.07) is 3.47. The van der Waals surface area contributed by atoms with E-state index in [1.165, 1.54) is 0 Å². The Kier molecular flexibility index (Phi) is 3.17. The van der Waals surface area contributed by atoms with Crippen LogP contribution in [0.1, 0.15) is 22.5 Å². The van der Waals surface area contributed by atoms with E-state index in [1.54, 1.807) is 23.2 Å². The molecule has 0 saturated carbocycles. The van der Waals surface area contributed by atoms with Gasteiger partial charge in [0.25, 0.3) is 5.91 Å². The van der Waals surface area contributed by atoms with Crippen LogP contribution >= 0.6 is 0 Å². The summed E-state index contributed by atoms with van der Waals surface area (Å²) in [5.74, 6) is -0.125. The first-order chi connectivity index (χ1) is 7.70. The molecule has 0 aromatic carbocycles. The lowest BCUT2D eigenvalue weighted by molar-refractivity contribution is 0.0759. The van der Waals surface area contributed by atoms with Gasteiger partial charge in [-0.1, -0.05) is 6.07 Å². The first-order valence-corrected chi connectivity index (χ1v) is 5.33. The average molecular weight is 221 g/mol. The van der Waals surface area contributed by atoms with Gasteiger partial charge in [0.2, 0.25) is 0 Å². The molecule has 1 atom stereocenters. The van der Waals surface area contributed by atoms with Crippen LogP contribution in [0.2, 0.25) is 0 Å². The molecule has 0 spiro atoms. The van der Waals surface area contributed by atoms with Crippen LogP contribution in [0.5, 0.6) is 0 Å². The Morgan fingerprint density at radius 2 is 2.44 bits per heavy atom. The largest absolute Gasteiger partial charge is 0.391 e. The summed E-state index contributed by atoms with van der Waals surface area (Å²) < 4.78 is 0. The first-order valence-electron chi connectivity index (χ1n) is 5.33. The highest BCUT2D eigenvalue weighted by Crippen LogP contribution is 2.12. The molecule has 3 N–H and O–H groups in total. The minimum absolute atomic E-state index is 0.125. The number of amides is 1. The van der Waals surface area contributed by atoms with E-state index >= 15 is 0 Å². The second-order valence-electron chi connectivity index (χ2n) is 3.95. The molecule has 1 aliphatic heterocycles. The molecular weight excluding hydrogens is 206 g/mol.